The first-order valence-corrected chi connectivity index (χ1v) is 5.42. The first-order valence-electron chi connectivity index (χ1n) is 5.42. The zero-order chi connectivity index (χ0) is 10.6. The lowest BCUT2D eigenvalue weighted by atomic mass is 10.2. The van der Waals surface area contributed by atoms with Gasteiger partial charge in [-0.15, -0.1) is 0 Å². The summed E-state index contributed by atoms with van der Waals surface area (Å²) >= 11 is 0. The minimum Gasteiger partial charge on any atom is -0.368 e. The number of hydrogen-bond donors (Lipinski definition) is 1. The van der Waals surface area contributed by atoms with E-state index in [0.717, 1.165) is 18.8 Å². The largest absolute Gasteiger partial charge is 0.368 e. The molecule has 3 heteroatoms. The molecule has 1 aromatic heterocycles. The summed E-state index contributed by atoms with van der Waals surface area (Å²) in [5.74, 6) is 1.64. The highest BCUT2D eigenvalue weighted by atomic mass is 15.3. The van der Waals surface area contributed by atoms with Crippen molar-refractivity contribution >= 4 is 5.82 Å². The van der Waals surface area contributed by atoms with Crippen molar-refractivity contribution < 1.29 is 0 Å². The molecule has 0 saturated carbocycles. The Hall–Kier alpha value is -0.990. The third-order valence-corrected chi connectivity index (χ3v) is 2.34. The summed E-state index contributed by atoms with van der Waals surface area (Å²) in [7, 11) is 0. The molecule has 0 amide bonds. The average molecular weight is 195 g/mol. The number of anilines is 1. The second kappa shape index (κ2) is 5.03. The summed E-state index contributed by atoms with van der Waals surface area (Å²) in [4.78, 5) is 0. The zero-order valence-electron chi connectivity index (χ0n) is 9.62. The monoisotopic (exact) mass is 195 g/mol. The average Bonchev–Trinajstić information content (AvgIpc) is 2.62. The van der Waals surface area contributed by atoms with Crippen LogP contribution < -0.4 is 5.32 Å². The molecule has 1 N–H and O–H groups in total. The molecule has 14 heavy (non-hydrogen) atoms. The van der Waals surface area contributed by atoms with Crippen LogP contribution in [0.2, 0.25) is 0 Å². The molecule has 80 valence electrons. The summed E-state index contributed by atoms with van der Waals surface area (Å²) in [6.07, 6.45) is 3.15. The molecule has 1 atom stereocenters. The fourth-order valence-corrected chi connectivity index (χ4v) is 1.17. The third-order valence-electron chi connectivity index (χ3n) is 2.34. The second-order valence-corrected chi connectivity index (χ2v) is 4.21. The van der Waals surface area contributed by atoms with Crippen molar-refractivity contribution in [3.8, 4) is 0 Å². The van der Waals surface area contributed by atoms with Gasteiger partial charge in [-0.1, -0.05) is 20.8 Å². The minimum atomic E-state index is 0.490. The Morgan fingerprint density at radius 1 is 1.43 bits per heavy atom. The minimum absolute atomic E-state index is 0.490. The second-order valence-electron chi connectivity index (χ2n) is 4.21. The Balaban J connectivity index is 2.50. The SMILES string of the molecule is CC[C@H](C)n1ccc(NCC(C)C)n1. The Bertz CT molecular complexity index is 265. The predicted octanol–water partition coefficient (Wildman–Crippen LogP) is 2.92. The highest BCUT2D eigenvalue weighted by molar-refractivity contribution is 5.32. The normalized spacial score (nSPS) is 13.2. The maximum atomic E-state index is 4.46. The fourth-order valence-electron chi connectivity index (χ4n) is 1.17. The summed E-state index contributed by atoms with van der Waals surface area (Å²) in [6.45, 7) is 9.72. The van der Waals surface area contributed by atoms with Gasteiger partial charge in [0.15, 0.2) is 0 Å². The maximum absolute atomic E-state index is 4.46. The van der Waals surface area contributed by atoms with Crippen molar-refractivity contribution in [2.24, 2.45) is 5.92 Å². The number of rotatable bonds is 5. The maximum Gasteiger partial charge on any atom is 0.148 e. The van der Waals surface area contributed by atoms with Gasteiger partial charge in [0.25, 0.3) is 0 Å². The Morgan fingerprint density at radius 3 is 2.71 bits per heavy atom. The first-order chi connectivity index (χ1) is 6.63. The Kier molecular flexibility index (Phi) is 3.98. The van der Waals surface area contributed by atoms with Crippen molar-refractivity contribution in [2.45, 2.75) is 40.2 Å². The molecule has 0 saturated heterocycles. The van der Waals surface area contributed by atoms with Crippen LogP contribution in [0, 0.1) is 5.92 Å². The first kappa shape index (κ1) is 11.1. The van der Waals surface area contributed by atoms with E-state index in [4.69, 9.17) is 0 Å². The number of nitrogens with zero attached hydrogens (tertiary/aromatic N) is 2. The molecule has 1 rings (SSSR count). The van der Waals surface area contributed by atoms with Gasteiger partial charge in [-0.3, -0.25) is 4.68 Å². The smallest absolute Gasteiger partial charge is 0.148 e. The van der Waals surface area contributed by atoms with E-state index in [1.807, 2.05) is 16.9 Å². The van der Waals surface area contributed by atoms with Crippen LogP contribution in [0.1, 0.15) is 40.2 Å². The molecule has 0 aliphatic rings. The standard InChI is InChI=1S/C11H21N3/c1-5-10(4)14-7-6-11(13-14)12-8-9(2)3/h6-7,9-10H,5,8H2,1-4H3,(H,12,13)/t10-/m0/s1. The van der Waals surface area contributed by atoms with E-state index in [1.165, 1.54) is 0 Å². The van der Waals surface area contributed by atoms with E-state index < -0.39 is 0 Å². The molecule has 0 unspecified atom stereocenters. The highest BCUT2D eigenvalue weighted by Gasteiger charge is 2.04. The van der Waals surface area contributed by atoms with Crippen LogP contribution in [-0.4, -0.2) is 16.3 Å². The molecule has 0 fully saturated rings. The van der Waals surface area contributed by atoms with Gasteiger partial charge >= 0.3 is 0 Å². The molecule has 1 heterocycles. The Labute approximate surface area is 86.5 Å². The van der Waals surface area contributed by atoms with Crippen molar-refractivity contribution in [1.82, 2.24) is 9.78 Å². The van der Waals surface area contributed by atoms with Gasteiger partial charge in [0.2, 0.25) is 0 Å². The van der Waals surface area contributed by atoms with Gasteiger partial charge in [0, 0.05) is 24.8 Å². The topological polar surface area (TPSA) is 29.9 Å². The van der Waals surface area contributed by atoms with E-state index in [2.05, 4.69) is 38.1 Å². The van der Waals surface area contributed by atoms with Gasteiger partial charge in [-0.05, 0) is 19.3 Å². The van der Waals surface area contributed by atoms with E-state index in [1.54, 1.807) is 0 Å². The van der Waals surface area contributed by atoms with Gasteiger partial charge in [-0.25, -0.2) is 0 Å². The lowest BCUT2D eigenvalue weighted by Crippen LogP contribution is -2.10. The van der Waals surface area contributed by atoms with E-state index in [9.17, 15) is 0 Å². The van der Waals surface area contributed by atoms with Crippen LogP contribution in [0.4, 0.5) is 5.82 Å². The van der Waals surface area contributed by atoms with Crippen LogP contribution in [-0.2, 0) is 0 Å². The summed E-state index contributed by atoms with van der Waals surface area (Å²) in [5.41, 5.74) is 0. The number of aromatic nitrogens is 2. The van der Waals surface area contributed by atoms with E-state index >= 15 is 0 Å². The molecule has 3 nitrogen and oxygen atoms in total. The molecular weight excluding hydrogens is 174 g/mol. The molecule has 0 bridgehead atoms. The molecule has 0 aliphatic heterocycles. The van der Waals surface area contributed by atoms with Crippen LogP contribution >= 0.6 is 0 Å². The molecule has 0 radical (unpaired) electrons. The summed E-state index contributed by atoms with van der Waals surface area (Å²) in [5, 5.41) is 7.77. The fraction of sp³-hybridized carbons (Fsp3) is 0.727. The zero-order valence-corrected chi connectivity index (χ0v) is 9.62. The van der Waals surface area contributed by atoms with Gasteiger partial charge < -0.3 is 5.32 Å². The summed E-state index contributed by atoms with van der Waals surface area (Å²) in [6, 6.07) is 2.53. The van der Waals surface area contributed by atoms with Gasteiger partial charge in [0.1, 0.15) is 5.82 Å². The third kappa shape index (κ3) is 3.05. The molecule has 1 aromatic rings. The lowest BCUT2D eigenvalue weighted by molar-refractivity contribution is 0.478. The van der Waals surface area contributed by atoms with Crippen LogP contribution in [0.15, 0.2) is 12.3 Å². The van der Waals surface area contributed by atoms with Crippen LogP contribution in [0.3, 0.4) is 0 Å². The summed E-state index contributed by atoms with van der Waals surface area (Å²) < 4.78 is 2.02. The van der Waals surface area contributed by atoms with Crippen molar-refractivity contribution in [3.05, 3.63) is 12.3 Å². The molecule has 0 spiro atoms. The van der Waals surface area contributed by atoms with Crippen molar-refractivity contribution in [2.75, 3.05) is 11.9 Å². The predicted molar refractivity (Wildman–Crippen MR) is 60.6 cm³/mol. The van der Waals surface area contributed by atoms with Crippen molar-refractivity contribution in [3.63, 3.8) is 0 Å². The molecular formula is C11H21N3. The number of nitrogens with one attached hydrogen (secondary N) is 1. The van der Waals surface area contributed by atoms with Gasteiger partial charge in [-0.2, -0.15) is 5.10 Å². The number of hydrogen-bond acceptors (Lipinski definition) is 2. The highest BCUT2D eigenvalue weighted by Crippen LogP contribution is 2.11. The van der Waals surface area contributed by atoms with Crippen molar-refractivity contribution in [1.29, 1.82) is 0 Å². The lowest BCUT2D eigenvalue weighted by Gasteiger charge is -2.09. The van der Waals surface area contributed by atoms with Crippen LogP contribution in [0.5, 0.6) is 0 Å². The quantitative estimate of drug-likeness (QED) is 0.783. The van der Waals surface area contributed by atoms with Crippen LogP contribution in [0.25, 0.3) is 0 Å². The molecule has 0 aliphatic carbocycles. The van der Waals surface area contributed by atoms with E-state index in [0.29, 0.717) is 12.0 Å². The Morgan fingerprint density at radius 2 is 2.14 bits per heavy atom. The van der Waals surface area contributed by atoms with E-state index in [-0.39, 0.29) is 0 Å². The molecule has 0 aromatic carbocycles. The van der Waals surface area contributed by atoms with Gasteiger partial charge in [0.05, 0.1) is 0 Å².